The lowest BCUT2D eigenvalue weighted by atomic mass is 10.1. The van der Waals surface area contributed by atoms with E-state index < -0.39 is 0 Å². The molecule has 5 heteroatoms. The summed E-state index contributed by atoms with van der Waals surface area (Å²) in [4.78, 5) is 29.9. The highest BCUT2D eigenvalue weighted by molar-refractivity contribution is 5.99. The number of Topliss-reactive ketones (excluding diaryl/α,β-unsaturated/α-hetero) is 1. The van der Waals surface area contributed by atoms with Crippen LogP contribution in [-0.2, 0) is 0 Å². The lowest BCUT2D eigenvalue weighted by molar-refractivity contribution is 0.0935. The zero-order valence-electron chi connectivity index (χ0n) is 10.8. The third-order valence-electron chi connectivity index (χ3n) is 2.89. The number of carbonyl (C=O) groups excluding carboxylic acids is 2. The van der Waals surface area contributed by atoms with Gasteiger partial charge in [-0.3, -0.25) is 14.6 Å². The standard InChI is InChI=1S/C14H15N3O2/c1-9(11-3-5-15-6-4-11)17-14(19)13-7-12(8-16-13)10(2)18/h3-9,16H,1-2H3,(H,17,19). The van der Waals surface area contributed by atoms with Gasteiger partial charge in [0.05, 0.1) is 6.04 Å². The van der Waals surface area contributed by atoms with E-state index in [-0.39, 0.29) is 17.7 Å². The average Bonchev–Trinajstić information content (AvgIpc) is 2.89. The van der Waals surface area contributed by atoms with E-state index in [2.05, 4.69) is 15.3 Å². The van der Waals surface area contributed by atoms with Crippen LogP contribution in [0.2, 0.25) is 0 Å². The highest BCUT2D eigenvalue weighted by Gasteiger charge is 2.14. The van der Waals surface area contributed by atoms with E-state index >= 15 is 0 Å². The van der Waals surface area contributed by atoms with Crippen molar-refractivity contribution in [3.8, 4) is 0 Å². The summed E-state index contributed by atoms with van der Waals surface area (Å²) in [5.74, 6) is -0.311. The lowest BCUT2D eigenvalue weighted by Crippen LogP contribution is -2.26. The number of aromatic amines is 1. The first-order valence-corrected chi connectivity index (χ1v) is 5.98. The summed E-state index contributed by atoms with van der Waals surface area (Å²) in [7, 11) is 0. The van der Waals surface area contributed by atoms with Crippen LogP contribution in [0, 0.1) is 0 Å². The summed E-state index contributed by atoms with van der Waals surface area (Å²) < 4.78 is 0. The topological polar surface area (TPSA) is 74.8 Å². The fraction of sp³-hybridized carbons (Fsp3) is 0.214. The van der Waals surface area contributed by atoms with Gasteiger partial charge < -0.3 is 10.3 Å². The van der Waals surface area contributed by atoms with Crippen LogP contribution in [0.25, 0.3) is 0 Å². The normalized spacial score (nSPS) is 11.9. The van der Waals surface area contributed by atoms with E-state index in [0.29, 0.717) is 11.3 Å². The molecule has 1 atom stereocenters. The number of nitrogens with zero attached hydrogens (tertiary/aromatic N) is 1. The van der Waals surface area contributed by atoms with Gasteiger partial charge in [0, 0.05) is 24.2 Å². The molecule has 0 aliphatic rings. The highest BCUT2D eigenvalue weighted by atomic mass is 16.2. The van der Waals surface area contributed by atoms with Crippen LogP contribution >= 0.6 is 0 Å². The summed E-state index contributed by atoms with van der Waals surface area (Å²) >= 11 is 0. The van der Waals surface area contributed by atoms with Crippen molar-refractivity contribution < 1.29 is 9.59 Å². The minimum Gasteiger partial charge on any atom is -0.356 e. The van der Waals surface area contributed by atoms with E-state index in [1.54, 1.807) is 18.5 Å². The van der Waals surface area contributed by atoms with Crippen LogP contribution in [0.15, 0.2) is 36.8 Å². The molecule has 1 unspecified atom stereocenters. The maximum atomic E-state index is 12.0. The molecule has 2 rings (SSSR count). The molecule has 5 nitrogen and oxygen atoms in total. The van der Waals surface area contributed by atoms with Crippen LogP contribution < -0.4 is 5.32 Å². The monoisotopic (exact) mass is 257 g/mol. The Bertz CT molecular complexity index is 590. The molecule has 2 aromatic heterocycles. The third-order valence-corrected chi connectivity index (χ3v) is 2.89. The molecule has 0 radical (unpaired) electrons. The Morgan fingerprint density at radius 3 is 2.58 bits per heavy atom. The third kappa shape index (κ3) is 3.07. The Labute approximate surface area is 111 Å². The van der Waals surface area contributed by atoms with Crippen molar-refractivity contribution >= 4 is 11.7 Å². The second-order valence-corrected chi connectivity index (χ2v) is 4.33. The molecule has 0 aliphatic heterocycles. The number of carbonyl (C=O) groups is 2. The van der Waals surface area contributed by atoms with Crippen LogP contribution in [0.3, 0.4) is 0 Å². The Kier molecular flexibility index (Phi) is 3.75. The number of hydrogen-bond acceptors (Lipinski definition) is 3. The first kappa shape index (κ1) is 13.0. The van der Waals surface area contributed by atoms with Crippen LogP contribution in [0.4, 0.5) is 0 Å². The van der Waals surface area contributed by atoms with E-state index in [1.807, 2.05) is 19.1 Å². The second kappa shape index (κ2) is 5.48. The molecule has 0 saturated heterocycles. The molecule has 0 fully saturated rings. The summed E-state index contributed by atoms with van der Waals surface area (Å²) in [6.45, 7) is 3.35. The highest BCUT2D eigenvalue weighted by Crippen LogP contribution is 2.12. The molecule has 2 N–H and O–H groups in total. The number of rotatable bonds is 4. The van der Waals surface area contributed by atoms with Crippen molar-refractivity contribution in [3.05, 3.63) is 53.6 Å². The molecule has 19 heavy (non-hydrogen) atoms. The number of hydrogen-bond donors (Lipinski definition) is 2. The minimum absolute atomic E-state index is 0.0718. The van der Waals surface area contributed by atoms with E-state index in [4.69, 9.17) is 0 Å². The molecule has 0 aromatic carbocycles. The van der Waals surface area contributed by atoms with Gasteiger partial charge in [0.15, 0.2) is 5.78 Å². The summed E-state index contributed by atoms with van der Waals surface area (Å²) in [5, 5.41) is 2.86. The van der Waals surface area contributed by atoms with Crippen LogP contribution in [0.1, 0.15) is 46.3 Å². The number of nitrogens with one attached hydrogen (secondary N) is 2. The predicted molar refractivity (Wildman–Crippen MR) is 70.9 cm³/mol. The van der Waals surface area contributed by atoms with Gasteiger partial charge in [-0.15, -0.1) is 0 Å². The molecular weight excluding hydrogens is 242 g/mol. The number of H-pyrrole nitrogens is 1. The molecule has 0 bridgehead atoms. The molecule has 2 aromatic rings. The molecule has 2 heterocycles. The van der Waals surface area contributed by atoms with Crippen molar-refractivity contribution in [2.24, 2.45) is 0 Å². The molecule has 0 spiro atoms. The Morgan fingerprint density at radius 2 is 2.00 bits per heavy atom. The maximum absolute atomic E-state index is 12.0. The Balaban J connectivity index is 2.06. The van der Waals surface area contributed by atoms with Crippen molar-refractivity contribution in [3.63, 3.8) is 0 Å². The first-order chi connectivity index (χ1) is 9.08. The predicted octanol–water partition coefficient (Wildman–Crippen LogP) is 2.10. The van der Waals surface area contributed by atoms with E-state index in [0.717, 1.165) is 5.56 Å². The van der Waals surface area contributed by atoms with Gasteiger partial charge in [-0.1, -0.05) is 0 Å². The maximum Gasteiger partial charge on any atom is 0.268 e. The van der Waals surface area contributed by atoms with Crippen molar-refractivity contribution in [1.82, 2.24) is 15.3 Å². The number of amides is 1. The van der Waals surface area contributed by atoms with Gasteiger partial charge in [-0.25, -0.2) is 0 Å². The van der Waals surface area contributed by atoms with Crippen molar-refractivity contribution in [2.45, 2.75) is 19.9 Å². The zero-order valence-corrected chi connectivity index (χ0v) is 10.8. The minimum atomic E-state index is -0.239. The smallest absolute Gasteiger partial charge is 0.268 e. The average molecular weight is 257 g/mol. The fourth-order valence-electron chi connectivity index (χ4n) is 1.74. The number of ketones is 1. The molecule has 0 saturated carbocycles. The van der Waals surface area contributed by atoms with Crippen molar-refractivity contribution in [1.29, 1.82) is 0 Å². The Morgan fingerprint density at radius 1 is 1.32 bits per heavy atom. The lowest BCUT2D eigenvalue weighted by Gasteiger charge is -2.13. The zero-order chi connectivity index (χ0) is 13.8. The summed E-state index contributed by atoms with van der Waals surface area (Å²) in [6.07, 6.45) is 4.90. The molecular formula is C14H15N3O2. The van der Waals surface area contributed by atoms with Gasteiger partial charge in [0.25, 0.3) is 5.91 Å². The number of pyridine rings is 1. The molecule has 98 valence electrons. The SMILES string of the molecule is CC(=O)c1c[nH]c(C(=O)NC(C)c2ccncc2)c1. The fourth-order valence-corrected chi connectivity index (χ4v) is 1.74. The second-order valence-electron chi connectivity index (χ2n) is 4.33. The number of aromatic nitrogens is 2. The van der Waals surface area contributed by atoms with Gasteiger partial charge in [0.1, 0.15) is 5.69 Å². The van der Waals surface area contributed by atoms with Gasteiger partial charge >= 0.3 is 0 Å². The summed E-state index contributed by atoms with van der Waals surface area (Å²) in [6, 6.07) is 5.12. The quantitative estimate of drug-likeness (QED) is 0.824. The molecule has 1 amide bonds. The summed E-state index contributed by atoms with van der Waals surface area (Å²) in [5.41, 5.74) is 1.86. The van der Waals surface area contributed by atoms with E-state index in [9.17, 15) is 9.59 Å². The van der Waals surface area contributed by atoms with Crippen LogP contribution in [0.5, 0.6) is 0 Å². The molecule has 0 aliphatic carbocycles. The van der Waals surface area contributed by atoms with Gasteiger partial charge in [-0.05, 0) is 37.6 Å². The Hall–Kier alpha value is -2.43. The largest absolute Gasteiger partial charge is 0.356 e. The van der Waals surface area contributed by atoms with Crippen molar-refractivity contribution in [2.75, 3.05) is 0 Å². The van der Waals surface area contributed by atoms with Crippen LogP contribution in [-0.4, -0.2) is 21.7 Å². The van der Waals surface area contributed by atoms with Gasteiger partial charge in [-0.2, -0.15) is 0 Å². The van der Waals surface area contributed by atoms with E-state index in [1.165, 1.54) is 13.1 Å². The first-order valence-electron chi connectivity index (χ1n) is 5.98. The van der Waals surface area contributed by atoms with Gasteiger partial charge in [0.2, 0.25) is 0 Å².